The number of aromatic amines is 1. The van der Waals surface area contributed by atoms with Gasteiger partial charge in [-0.25, -0.2) is 4.39 Å². The number of fused-ring (bicyclic) bond motifs is 1. The molecule has 0 aromatic carbocycles. The SMILES string of the molecule is CO[n+]1cc(F)cc2[nH]ccc21. The van der Waals surface area contributed by atoms with Crippen LogP contribution in [-0.2, 0) is 0 Å². The van der Waals surface area contributed by atoms with Crippen LogP contribution in [-0.4, -0.2) is 12.1 Å². The highest BCUT2D eigenvalue weighted by atomic mass is 19.1. The molecule has 0 bridgehead atoms. The van der Waals surface area contributed by atoms with Gasteiger partial charge in [0.2, 0.25) is 0 Å². The van der Waals surface area contributed by atoms with E-state index in [1.807, 2.05) is 6.07 Å². The Morgan fingerprint density at radius 3 is 3.17 bits per heavy atom. The average Bonchev–Trinajstić information content (AvgIpc) is 2.50. The second kappa shape index (κ2) is 2.48. The summed E-state index contributed by atoms with van der Waals surface area (Å²) < 4.78 is 14.2. The topological polar surface area (TPSA) is 28.9 Å². The molecule has 0 unspecified atom stereocenters. The molecule has 4 heteroatoms. The molecule has 2 aromatic heterocycles. The number of hydrogen-bond donors (Lipinski definition) is 1. The highest BCUT2D eigenvalue weighted by Gasteiger charge is 2.12. The molecule has 0 atom stereocenters. The molecule has 3 nitrogen and oxygen atoms in total. The summed E-state index contributed by atoms with van der Waals surface area (Å²) in [6, 6.07) is 3.24. The zero-order valence-electron chi connectivity index (χ0n) is 6.54. The summed E-state index contributed by atoms with van der Waals surface area (Å²) in [6.07, 6.45) is 3.02. The first kappa shape index (κ1) is 7.09. The molecule has 0 spiro atoms. The van der Waals surface area contributed by atoms with Crippen LogP contribution in [0, 0.1) is 5.82 Å². The summed E-state index contributed by atoms with van der Waals surface area (Å²) in [5, 5.41) is 0. The van der Waals surface area contributed by atoms with Gasteiger partial charge in [0.25, 0.3) is 11.7 Å². The maximum Gasteiger partial charge on any atom is 0.282 e. The van der Waals surface area contributed by atoms with E-state index >= 15 is 0 Å². The summed E-state index contributed by atoms with van der Waals surface area (Å²) in [7, 11) is 1.49. The third-order valence-corrected chi connectivity index (χ3v) is 1.71. The first-order valence-electron chi connectivity index (χ1n) is 3.54. The van der Waals surface area contributed by atoms with Gasteiger partial charge in [-0.1, -0.05) is 0 Å². The van der Waals surface area contributed by atoms with Crippen LogP contribution in [0.4, 0.5) is 4.39 Å². The lowest BCUT2D eigenvalue weighted by Gasteiger charge is -1.92. The fourth-order valence-electron chi connectivity index (χ4n) is 1.19. The molecule has 2 heterocycles. The first-order valence-corrected chi connectivity index (χ1v) is 3.54. The number of pyridine rings is 1. The number of aromatic nitrogens is 2. The van der Waals surface area contributed by atoms with Crippen LogP contribution < -0.4 is 9.57 Å². The number of hydrogen-bond acceptors (Lipinski definition) is 1. The van der Waals surface area contributed by atoms with Crippen molar-refractivity contribution >= 4 is 11.0 Å². The Balaban J connectivity index is 2.80. The number of halogens is 1. The van der Waals surface area contributed by atoms with Gasteiger partial charge in [-0.05, 0) is 0 Å². The lowest BCUT2D eigenvalue weighted by molar-refractivity contribution is -0.866. The van der Waals surface area contributed by atoms with Gasteiger partial charge in [-0.2, -0.15) is 0 Å². The van der Waals surface area contributed by atoms with Crippen molar-refractivity contribution in [2.75, 3.05) is 7.11 Å². The molecular formula is C8H8FN2O+. The largest absolute Gasteiger partial charge is 0.356 e. The van der Waals surface area contributed by atoms with E-state index in [2.05, 4.69) is 4.98 Å². The van der Waals surface area contributed by atoms with Gasteiger partial charge in [0.15, 0.2) is 5.82 Å². The monoisotopic (exact) mass is 167 g/mol. The smallest absolute Gasteiger partial charge is 0.282 e. The van der Waals surface area contributed by atoms with E-state index in [4.69, 9.17) is 4.84 Å². The van der Waals surface area contributed by atoms with Crippen molar-refractivity contribution in [3.63, 3.8) is 0 Å². The fraction of sp³-hybridized carbons (Fsp3) is 0.125. The fourth-order valence-corrected chi connectivity index (χ4v) is 1.19. The lowest BCUT2D eigenvalue weighted by Crippen LogP contribution is -2.40. The summed E-state index contributed by atoms with van der Waals surface area (Å²) >= 11 is 0. The van der Waals surface area contributed by atoms with Gasteiger partial charge < -0.3 is 4.98 Å². The molecule has 12 heavy (non-hydrogen) atoms. The molecule has 2 aromatic rings. The minimum absolute atomic E-state index is 0.327. The van der Waals surface area contributed by atoms with E-state index in [9.17, 15) is 4.39 Å². The highest BCUT2D eigenvalue weighted by Crippen LogP contribution is 2.07. The standard InChI is InChI=1S/C8H7FN2O/c1-12-11-5-6(9)4-7-8(11)2-3-10-7/h2-5H,1H3/p+1. The highest BCUT2D eigenvalue weighted by molar-refractivity contribution is 5.70. The minimum Gasteiger partial charge on any atom is -0.356 e. The first-order chi connectivity index (χ1) is 5.81. The van der Waals surface area contributed by atoms with Crippen LogP contribution in [0.3, 0.4) is 0 Å². The van der Waals surface area contributed by atoms with Crippen LogP contribution >= 0.6 is 0 Å². The van der Waals surface area contributed by atoms with Gasteiger partial charge in [-0.3, -0.25) is 4.84 Å². The Labute approximate surface area is 68.3 Å². The van der Waals surface area contributed by atoms with Gasteiger partial charge in [0, 0.05) is 23.1 Å². The molecule has 62 valence electrons. The predicted octanol–water partition coefficient (Wildman–Crippen LogP) is 0.653. The summed E-state index contributed by atoms with van der Waals surface area (Å²) in [6.45, 7) is 0. The molecule has 0 aliphatic heterocycles. The molecule has 0 fully saturated rings. The van der Waals surface area contributed by atoms with Crippen LogP contribution in [0.25, 0.3) is 11.0 Å². The molecule has 0 radical (unpaired) electrons. The molecule has 0 amide bonds. The normalized spacial score (nSPS) is 10.5. The van der Waals surface area contributed by atoms with E-state index in [0.29, 0.717) is 0 Å². The Morgan fingerprint density at radius 1 is 1.58 bits per heavy atom. The third kappa shape index (κ3) is 0.922. The number of H-pyrrole nitrogens is 1. The van der Waals surface area contributed by atoms with Crippen molar-refractivity contribution in [3.05, 3.63) is 30.3 Å². The van der Waals surface area contributed by atoms with Gasteiger partial charge in [0.1, 0.15) is 12.6 Å². The van der Waals surface area contributed by atoms with Crippen LogP contribution in [0.15, 0.2) is 24.5 Å². The molecule has 0 aliphatic rings. The number of rotatable bonds is 1. The van der Waals surface area contributed by atoms with E-state index in [1.54, 1.807) is 6.20 Å². The summed E-state index contributed by atoms with van der Waals surface area (Å²) in [5.41, 5.74) is 1.54. The van der Waals surface area contributed by atoms with Crippen LogP contribution in [0.2, 0.25) is 0 Å². The van der Waals surface area contributed by atoms with Gasteiger partial charge in [-0.15, -0.1) is 0 Å². The number of nitrogens with zero attached hydrogens (tertiary/aromatic N) is 1. The Bertz CT molecular complexity index is 410. The van der Waals surface area contributed by atoms with Crippen molar-refractivity contribution in [2.45, 2.75) is 0 Å². The maximum absolute atomic E-state index is 12.8. The van der Waals surface area contributed by atoms with Crippen molar-refractivity contribution < 1.29 is 14.0 Å². The van der Waals surface area contributed by atoms with E-state index < -0.39 is 0 Å². The Kier molecular flexibility index (Phi) is 1.46. The zero-order valence-corrected chi connectivity index (χ0v) is 6.54. The van der Waals surface area contributed by atoms with Crippen molar-refractivity contribution in [1.29, 1.82) is 0 Å². The van der Waals surface area contributed by atoms with E-state index in [-0.39, 0.29) is 5.82 Å². The van der Waals surface area contributed by atoms with Crippen molar-refractivity contribution in [3.8, 4) is 0 Å². The molecule has 2 rings (SSSR count). The summed E-state index contributed by atoms with van der Waals surface area (Å²) in [4.78, 5) is 7.82. The Hall–Kier alpha value is -1.58. The molecule has 1 N–H and O–H groups in total. The average molecular weight is 167 g/mol. The van der Waals surface area contributed by atoms with Crippen molar-refractivity contribution in [1.82, 2.24) is 4.98 Å². The molecule has 0 aliphatic carbocycles. The van der Waals surface area contributed by atoms with E-state index in [1.165, 1.54) is 24.1 Å². The zero-order chi connectivity index (χ0) is 8.55. The van der Waals surface area contributed by atoms with Gasteiger partial charge >= 0.3 is 0 Å². The Morgan fingerprint density at radius 2 is 2.42 bits per heavy atom. The minimum atomic E-state index is -0.327. The maximum atomic E-state index is 12.8. The third-order valence-electron chi connectivity index (χ3n) is 1.71. The van der Waals surface area contributed by atoms with E-state index in [0.717, 1.165) is 11.0 Å². The van der Waals surface area contributed by atoms with Crippen LogP contribution in [0.5, 0.6) is 0 Å². The predicted molar refractivity (Wildman–Crippen MR) is 41.0 cm³/mol. The second-order valence-corrected chi connectivity index (χ2v) is 2.44. The molecule has 0 saturated heterocycles. The van der Waals surface area contributed by atoms with Crippen LogP contribution in [0.1, 0.15) is 0 Å². The van der Waals surface area contributed by atoms with Crippen molar-refractivity contribution in [2.24, 2.45) is 0 Å². The number of nitrogens with one attached hydrogen (secondary N) is 1. The van der Waals surface area contributed by atoms with Gasteiger partial charge in [0.05, 0.1) is 0 Å². The summed E-state index contributed by atoms with van der Waals surface area (Å²) in [5.74, 6) is -0.327. The molecule has 0 saturated carbocycles. The molecular weight excluding hydrogens is 159 g/mol. The quantitative estimate of drug-likeness (QED) is 0.621. The second-order valence-electron chi connectivity index (χ2n) is 2.44. The lowest BCUT2D eigenvalue weighted by atomic mass is 10.4.